The molecule has 0 aliphatic carbocycles. The van der Waals surface area contributed by atoms with Crippen molar-refractivity contribution in [3.63, 3.8) is 0 Å². The summed E-state index contributed by atoms with van der Waals surface area (Å²) in [6.45, 7) is 7.10. The molecule has 2 heterocycles. The van der Waals surface area contributed by atoms with Gasteiger partial charge in [0, 0.05) is 12.1 Å². The van der Waals surface area contributed by atoms with Crippen molar-refractivity contribution in [2.45, 2.75) is 51.5 Å². The van der Waals surface area contributed by atoms with E-state index < -0.39 is 0 Å². The number of nitrogens with zero attached hydrogens (tertiary/aromatic N) is 1. The van der Waals surface area contributed by atoms with Crippen LogP contribution in [-0.2, 0) is 0 Å². The minimum atomic E-state index is -0.307. The molecule has 27 heavy (non-hydrogen) atoms. The van der Waals surface area contributed by atoms with E-state index in [0.29, 0.717) is 18.9 Å². The Balaban J connectivity index is 1.37. The van der Waals surface area contributed by atoms with Crippen molar-refractivity contribution in [3.05, 3.63) is 29.6 Å². The van der Waals surface area contributed by atoms with Gasteiger partial charge in [0.1, 0.15) is 11.6 Å². The molecule has 1 aromatic carbocycles. The largest absolute Gasteiger partial charge is 0.493 e. The summed E-state index contributed by atoms with van der Waals surface area (Å²) in [5.41, 5.74) is 0.724. The Morgan fingerprint density at radius 3 is 2.89 bits per heavy atom. The van der Waals surface area contributed by atoms with Gasteiger partial charge in [-0.05, 0) is 82.3 Å². The van der Waals surface area contributed by atoms with E-state index in [2.05, 4.69) is 22.5 Å². The number of carbonyl (C=O) groups excluding carboxylic acids is 1. The summed E-state index contributed by atoms with van der Waals surface area (Å²) in [6.07, 6.45) is 6.24. The van der Waals surface area contributed by atoms with Crippen molar-refractivity contribution in [3.8, 4) is 5.75 Å². The van der Waals surface area contributed by atoms with Crippen LogP contribution in [0.4, 0.5) is 9.18 Å². The first-order chi connectivity index (χ1) is 13.1. The van der Waals surface area contributed by atoms with E-state index in [1.165, 1.54) is 38.1 Å². The fourth-order valence-electron chi connectivity index (χ4n) is 3.86. The standard InChI is InChI=1S/C21H32FN3O2/c1-16-8-12-25(13-9-16)11-3-2-10-23-21(26)24-19-5-4-14-27-20-7-6-17(22)15-18(19)20/h6-7,15-16,19H,2-5,8-14H2,1H3,(H2,23,24,26). The zero-order valence-corrected chi connectivity index (χ0v) is 16.3. The van der Waals surface area contributed by atoms with Gasteiger partial charge in [-0.25, -0.2) is 9.18 Å². The molecule has 1 aromatic rings. The van der Waals surface area contributed by atoms with Crippen molar-refractivity contribution in [2.75, 3.05) is 32.8 Å². The van der Waals surface area contributed by atoms with Gasteiger partial charge in [-0.2, -0.15) is 0 Å². The predicted octanol–water partition coefficient (Wildman–Crippen LogP) is 3.85. The second-order valence-electron chi connectivity index (χ2n) is 7.86. The van der Waals surface area contributed by atoms with Gasteiger partial charge in [-0.15, -0.1) is 0 Å². The molecule has 2 amide bonds. The van der Waals surface area contributed by atoms with Crippen LogP contribution in [-0.4, -0.2) is 43.7 Å². The number of hydrogen-bond donors (Lipinski definition) is 2. The maximum absolute atomic E-state index is 13.6. The lowest BCUT2D eigenvalue weighted by atomic mass is 9.99. The van der Waals surface area contributed by atoms with Crippen LogP contribution in [0, 0.1) is 11.7 Å². The molecule has 0 saturated carbocycles. The minimum absolute atomic E-state index is 0.191. The Bertz CT molecular complexity index is 617. The number of unbranched alkanes of at least 4 members (excludes halogenated alkanes) is 1. The number of urea groups is 1. The molecule has 1 unspecified atom stereocenters. The number of likely N-dealkylation sites (tertiary alicyclic amines) is 1. The smallest absolute Gasteiger partial charge is 0.315 e. The molecular weight excluding hydrogens is 345 g/mol. The van der Waals surface area contributed by atoms with Gasteiger partial charge in [0.15, 0.2) is 0 Å². The molecule has 150 valence electrons. The molecule has 0 spiro atoms. The predicted molar refractivity (Wildman–Crippen MR) is 104 cm³/mol. The molecule has 2 aliphatic heterocycles. The third-order valence-corrected chi connectivity index (χ3v) is 5.61. The molecule has 2 aliphatic rings. The highest BCUT2D eigenvalue weighted by molar-refractivity contribution is 5.74. The minimum Gasteiger partial charge on any atom is -0.493 e. The number of amides is 2. The van der Waals surface area contributed by atoms with E-state index >= 15 is 0 Å². The molecule has 1 atom stereocenters. The molecule has 2 N–H and O–H groups in total. The highest BCUT2D eigenvalue weighted by Gasteiger charge is 2.22. The molecule has 6 heteroatoms. The Kier molecular flexibility index (Phi) is 7.33. The van der Waals surface area contributed by atoms with Crippen LogP contribution in [0.15, 0.2) is 18.2 Å². The molecule has 5 nitrogen and oxygen atoms in total. The Morgan fingerprint density at radius 1 is 1.26 bits per heavy atom. The number of nitrogens with one attached hydrogen (secondary N) is 2. The van der Waals surface area contributed by atoms with Crippen LogP contribution in [0.2, 0.25) is 0 Å². The molecule has 0 bridgehead atoms. The fraction of sp³-hybridized carbons (Fsp3) is 0.667. The number of hydrogen-bond acceptors (Lipinski definition) is 3. The zero-order chi connectivity index (χ0) is 19.1. The number of benzene rings is 1. The number of fused-ring (bicyclic) bond motifs is 1. The topological polar surface area (TPSA) is 53.6 Å². The normalized spacial score (nSPS) is 21.0. The first-order valence-corrected chi connectivity index (χ1v) is 10.3. The van der Waals surface area contributed by atoms with Crippen LogP contribution < -0.4 is 15.4 Å². The van der Waals surface area contributed by atoms with Crippen molar-refractivity contribution in [1.29, 1.82) is 0 Å². The van der Waals surface area contributed by atoms with Gasteiger partial charge >= 0.3 is 6.03 Å². The number of halogens is 1. The molecule has 0 radical (unpaired) electrons. The lowest BCUT2D eigenvalue weighted by Crippen LogP contribution is -2.38. The molecule has 1 saturated heterocycles. The van der Waals surface area contributed by atoms with Crippen LogP contribution in [0.3, 0.4) is 0 Å². The maximum Gasteiger partial charge on any atom is 0.315 e. The van der Waals surface area contributed by atoms with Crippen molar-refractivity contribution in [1.82, 2.24) is 15.5 Å². The van der Waals surface area contributed by atoms with Crippen molar-refractivity contribution in [2.24, 2.45) is 5.92 Å². The number of piperidine rings is 1. The maximum atomic E-state index is 13.6. The zero-order valence-electron chi connectivity index (χ0n) is 16.3. The highest BCUT2D eigenvalue weighted by atomic mass is 19.1. The highest BCUT2D eigenvalue weighted by Crippen LogP contribution is 2.31. The lowest BCUT2D eigenvalue weighted by molar-refractivity contribution is 0.189. The molecular formula is C21H32FN3O2. The number of ether oxygens (including phenoxy) is 1. The molecule has 1 fully saturated rings. The van der Waals surface area contributed by atoms with Gasteiger partial charge in [0.05, 0.1) is 12.6 Å². The molecule has 3 rings (SSSR count). The summed E-state index contributed by atoms with van der Waals surface area (Å²) in [5.74, 6) is 1.22. The summed E-state index contributed by atoms with van der Waals surface area (Å²) in [4.78, 5) is 14.8. The lowest BCUT2D eigenvalue weighted by Gasteiger charge is -2.30. The SMILES string of the molecule is CC1CCN(CCCCNC(=O)NC2CCCOc3ccc(F)cc32)CC1. The quantitative estimate of drug-likeness (QED) is 0.741. The van der Waals surface area contributed by atoms with Gasteiger partial charge in [-0.3, -0.25) is 0 Å². The third-order valence-electron chi connectivity index (χ3n) is 5.61. The summed E-state index contributed by atoms with van der Waals surface area (Å²) in [6, 6.07) is 4.09. The van der Waals surface area contributed by atoms with Crippen molar-refractivity contribution >= 4 is 6.03 Å². The third kappa shape index (κ3) is 6.09. The summed E-state index contributed by atoms with van der Waals surface area (Å²) in [7, 11) is 0. The summed E-state index contributed by atoms with van der Waals surface area (Å²) in [5, 5.41) is 5.92. The monoisotopic (exact) mass is 377 g/mol. The van der Waals surface area contributed by atoms with Gasteiger partial charge < -0.3 is 20.3 Å². The summed E-state index contributed by atoms with van der Waals surface area (Å²) < 4.78 is 19.3. The van der Waals surface area contributed by atoms with Gasteiger partial charge in [-0.1, -0.05) is 6.92 Å². The van der Waals surface area contributed by atoms with E-state index in [9.17, 15) is 9.18 Å². The Hall–Kier alpha value is -1.82. The second-order valence-corrected chi connectivity index (χ2v) is 7.86. The van der Waals surface area contributed by atoms with Gasteiger partial charge in [0.2, 0.25) is 0 Å². The van der Waals surface area contributed by atoms with Crippen LogP contribution in [0.25, 0.3) is 0 Å². The van der Waals surface area contributed by atoms with Gasteiger partial charge in [0.25, 0.3) is 0 Å². The Labute approximate surface area is 161 Å². The van der Waals surface area contributed by atoms with E-state index in [4.69, 9.17) is 4.74 Å². The molecule has 0 aromatic heterocycles. The van der Waals surface area contributed by atoms with E-state index in [1.807, 2.05) is 0 Å². The van der Waals surface area contributed by atoms with E-state index in [-0.39, 0.29) is 17.9 Å². The van der Waals surface area contributed by atoms with Crippen LogP contribution >= 0.6 is 0 Å². The Morgan fingerprint density at radius 2 is 2.07 bits per heavy atom. The van der Waals surface area contributed by atoms with Crippen molar-refractivity contribution < 1.29 is 13.9 Å². The number of rotatable bonds is 6. The van der Waals surface area contributed by atoms with E-state index in [0.717, 1.165) is 43.7 Å². The number of carbonyl (C=O) groups is 1. The van der Waals surface area contributed by atoms with Crippen LogP contribution in [0.5, 0.6) is 5.75 Å². The average molecular weight is 378 g/mol. The van der Waals surface area contributed by atoms with Crippen LogP contribution in [0.1, 0.15) is 57.1 Å². The first-order valence-electron chi connectivity index (χ1n) is 10.3. The van der Waals surface area contributed by atoms with E-state index in [1.54, 1.807) is 6.07 Å². The fourth-order valence-corrected chi connectivity index (χ4v) is 3.86. The second kappa shape index (κ2) is 9.93. The first kappa shape index (κ1) is 19.9. The average Bonchev–Trinajstić information content (AvgIpc) is 2.85. The summed E-state index contributed by atoms with van der Waals surface area (Å²) >= 11 is 0.